The van der Waals surface area contributed by atoms with Crippen LogP contribution in [0.1, 0.15) is 44.0 Å². The Labute approximate surface area is 131 Å². The largest absolute Gasteiger partial charge is 0.508 e. The molecule has 0 spiro atoms. The molecule has 0 unspecified atom stereocenters. The minimum Gasteiger partial charge on any atom is -0.508 e. The van der Waals surface area contributed by atoms with Crippen LogP contribution < -0.4 is 5.32 Å². The van der Waals surface area contributed by atoms with Crippen molar-refractivity contribution in [1.82, 2.24) is 10.2 Å². The maximum Gasteiger partial charge on any atom is 0.253 e. The van der Waals surface area contributed by atoms with Gasteiger partial charge in [-0.3, -0.25) is 9.59 Å². The quantitative estimate of drug-likeness (QED) is 0.879. The highest BCUT2D eigenvalue weighted by atomic mass is 16.3. The zero-order valence-electron chi connectivity index (χ0n) is 13.4. The monoisotopic (exact) mass is 304 g/mol. The number of phenolic OH excluding ortho intramolecular Hbond substituents is 1. The third kappa shape index (κ3) is 4.00. The lowest BCUT2D eigenvalue weighted by Crippen LogP contribution is -2.49. The Kier molecular flexibility index (Phi) is 4.74. The first-order chi connectivity index (χ1) is 10.3. The molecule has 22 heavy (non-hydrogen) atoms. The maximum absolute atomic E-state index is 12.4. The number of amides is 2. The summed E-state index contributed by atoms with van der Waals surface area (Å²) in [4.78, 5) is 26.1. The molecule has 0 aliphatic carbocycles. The second kappa shape index (κ2) is 6.38. The zero-order valence-corrected chi connectivity index (χ0v) is 13.4. The fourth-order valence-corrected chi connectivity index (χ4v) is 2.45. The van der Waals surface area contributed by atoms with Crippen molar-refractivity contribution in [1.29, 1.82) is 0 Å². The Balaban J connectivity index is 1.89. The fraction of sp³-hybridized carbons (Fsp3) is 0.529. The summed E-state index contributed by atoms with van der Waals surface area (Å²) in [5.41, 5.74) is 0.103. The first-order valence-electron chi connectivity index (χ1n) is 7.66. The summed E-state index contributed by atoms with van der Waals surface area (Å²) in [6.07, 6.45) is 1.51. The predicted octanol–water partition coefficient (Wildman–Crippen LogP) is 2.16. The Bertz CT molecular complexity index is 555. The molecule has 1 aliphatic heterocycles. The Morgan fingerprint density at radius 1 is 1.23 bits per heavy atom. The lowest BCUT2D eigenvalue weighted by Gasteiger charge is -2.33. The molecule has 2 N–H and O–H groups in total. The first-order valence-corrected chi connectivity index (χ1v) is 7.66. The van der Waals surface area contributed by atoms with Crippen LogP contribution in [0.3, 0.4) is 0 Å². The van der Waals surface area contributed by atoms with Crippen LogP contribution in [-0.2, 0) is 4.79 Å². The van der Waals surface area contributed by atoms with Crippen molar-refractivity contribution in [3.8, 4) is 5.75 Å². The van der Waals surface area contributed by atoms with Crippen molar-refractivity contribution >= 4 is 11.8 Å². The molecule has 0 radical (unpaired) electrons. The number of rotatable bonds is 2. The van der Waals surface area contributed by atoms with Gasteiger partial charge in [0.1, 0.15) is 5.75 Å². The molecular formula is C17H24N2O3. The number of phenols is 1. The average Bonchev–Trinajstić information content (AvgIpc) is 2.46. The van der Waals surface area contributed by atoms with E-state index in [1.807, 2.05) is 20.8 Å². The number of nitrogens with zero attached hydrogens (tertiary/aromatic N) is 1. The molecule has 1 aliphatic rings. The second-order valence-corrected chi connectivity index (χ2v) is 6.84. The van der Waals surface area contributed by atoms with Crippen LogP contribution in [0, 0.1) is 5.41 Å². The molecule has 120 valence electrons. The third-order valence-corrected chi connectivity index (χ3v) is 3.89. The molecule has 1 fully saturated rings. The highest BCUT2D eigenvalue weighted by molar-refractivity contribution is 5.94. The summed E-state index contributed by atoms with van der Waals surface area (Å²) in [5.74, 6) is 0.0694. The maximum atomic E-state index is 12.4. The van der Waals surface area contributed by atoms with Crippen LogP contribution in [0.5, 0.6) is 5.75 Å². The zero-order chi connectivity index (χ0) is 16.3. The highest BCUT2D eigenvalue weighted by Gasteiger charge is 2.28. The van der Waals surface area contributed by atoms with Gasteiger partial charge in [-0.15, -0.1) is 0 Å². The van der Waals surface area contributed by atoms with E-state index in [2.05, 4.69) is 5.32 Å². The standard InChI is InChI=1S/C17H24N2O3/c1-17(2,3)16(22)18-13-7-9-19(10-8-13)15(21)12-5-4-6-14(20)11-12/h4-6,11,13,20H,7-10H2,1-3H3,(H,18,22). The Morgan fingerprint density at radius 3 is 2.41 bits per heavy atom. The number of hydrogen-bond acceptors (Lipinski definition) is 3. The summed E-state index contributed by atoms with van der Waals surface area (Å²) in [7, 11) is 0. The van der Waals surface area contributed by atoms with E-state index in [1.54, 1.807) is 23.1 Å². The van der Waals surface area contributed by atoms with Gasteiger partial charge in [-0.2, -0.15) is 0 Å². The van der Waals surface area contributed by atoms with Gasteiger partial charge in [0.15, 0.2) is 0 Å². The number of benzene rings is 1. The van der Waals surface area contributed by atoms with Gasteiger partial charge in [0.05, 0.1) is 0 Å². The van der Waals surface area contributed by atoms with Gasteiger partial charge in [0, 0.05) is 30.1 Å². The van der Waals surface area contributed by atoms with Gasteiger partial charge in [-0.1, -0.05) is 26.8 Å². The lowest BCUT2D eigenvalue weighted by molar-refractivity contribution is -0.129. The fourth-order valence-electron chi connectivity index (χ4n) is 2.45. The van der Waals surface area contributed by atoms with E-state index in [0.717, 1.165) is 12.8 Å². The van der Waals surface area contributed by atoms with Crippen molar-refractivity contribution in [2.45, 2.75) is 39.7 Å². The minimum absolute atomic E-state index is 0.0465. The number of carbonyl (C=O) groups is 2. The lowest BCUT2D eigenvalue weighted by atomic mass is 9.94. The molecule has 5 heteroatoms. The summed E-state index contributed by atoms with van der Waals surface area (Å²) >= 11 is 0. The van der Waals surface area contributed by atoms with Crippen molar-refractivity contribution in [2.75, 3.05) is 13.1 Å². The first kappa shape index (κ1) is 16.3. The number of piperidine rings is 1. The van der Waals surface area contributed by atoms with Gasteiger partial charge >= 0.3 is 0 Å². The van der Waals surface area contributed by atoms with Crippen molar-refractivity contribution in [3.63, 3.8) is 0 Å². The number of aromatic hydroxyl groups is 1. The van der Waals surface area contributed by atoms with Gasteiger partial charge in [-0.25, -0.2) is 0 Å². The smallest absolute Gasteiger partial charge is 0.253 e. The van der Waals surface area contributed by atoms with Crippen molar-refractivity contribution in [3.05, 3.63) is 29.8 Å². The molecule has 1 aromatic carbocycles. The number of likely N-dealkylation sites (tertiary alicyclic amines) is 1. The van der Waals surface area contributed by atoms with E-state index < -0.39 is 5.41 Å². The number of carbonyl (C=O) groups excluding carboxylic acids is 2. The van der Waals surface area contributed by atoms with Crippen LogP contribution in [-0.4, -0.2) is 41.0 Å². The van der Waals surface area contributed by atoms with E-state index >= 15 is 0 Å². The van der Waals surface area contributed by atoms with E-state index in [9.17, 15) is 14.7 Å². The SMILES string of the molecule is CC(C)(C)C(=O)NC1CCN(C(=O)c2cccc(O)c2)CC1. The minimum atomic E-state index is -0.394. The molecule has 2 rings (SSSR count). The van der Waals surface area contributed by atoms with Crippen LogP contribution in [0.25, 0.3) is 0 Å². The second-order valence-electron chi connectivity index (χ2n) is 6.84. The van der Waals surface area contributed by atoms with E-state index in [-0.39, 0.29) is 23.6 Å². The normalized spacial score (nSPS) is 16.4. The molecule has 5 nitrogen and oxygen atoms in total. The van der Waals surface area contributed by atoms with Gasteiger partial charge < -0.3 is 15.3 Å². The van der Waals surface area contributed by atoms with Gasteiger partial charge in [0.25, 0.3) is 5.91 Å². The number of nitrogens with one attached hydrogen (secondary N) is 1. The third-order valence-electron chi connectivity index (χ3n) is 3.89. The molecule has 1 heterocycles. The average molecular weight is 304 g/mol. The van der Waals surface area contributed by atoms with E-state index in [0.29, 0.717) is 18.7 Å². The molecule has 1 aromatic rings. The molecule has 2 amide bonds. The molecular weight excluding hydrogens is 280 g/mol. The van der Waals surface area contributed by atoms with Crippen LogP contribution in [0.15, 0.2) is 24.3 Å². The van der Waals surface area contributed by atoms with E-state index in [1.165, 1.54) is 6.07 Å². The van der Waals surface area contributed by atoms with Gasteiger partial charge in [0.2, 0.25) is 5.91 Å². The topological polar surface area (TPSA) is 69.6 Å². The number of hydrogen-bond donors (Lipinski definition) is 2. The molecule has 0 aromatic heterocycles. The summed E-state index contributed by atoms with van der Waals surface area (Å²) in [6.45, 7) is 6.90. The van der Waals surface area contributed by atoms with E-state index in [4.69, 9.17) is 0 Å². The van der Waals surface area contributed by atoms with Crippen LogP contribution in [0.4, 0.5) is 0 Å². The molecule has 0 atom stereocenters. The highest BCUT2D eigenvalue weighted by Crippen LogP contribution is 2.19. The van der Waals surface area contributed by atoms with Crippen molar-refractivity contribution in [2.24, 2.45) is 5.41 Å². The molecule has 1 saturated heterocycles. The molecule has 0 saturated carbocycles. The summed E-state index contributed by atoms with van der Waals surface area (Å²) < 4.78 is 0. The Hall–Kier alpha value is -2.04. The van der Waals surface area contributed by atoms with Crippen molar-refractivity contribution < 1.29 is 14.7 Å². The Morgan fingerprint density at radius 2 is 1.86 bits per heavy atom. The van der Waals surface area contributed by atoms with Gasteiger partial charge in [-0.05, 0) is 31.0 Å². The molecule has 0 bridgehead atoms. The summed E-state index contributed by atoms with van der Waals surface area (Å²) in [6, 6.07) is 6.52. The van der Waals surface area contributed by atoms with Crippen LogP contribution in [0.2, 0.25) is 0 Å². The predicted molar refractivity (Wildman–Crippen MR) is 84.6 cm³/mol. The van der Waals surface area contributed by atoms with Crippen LogP contribution >= 0.6 is 0 Å². The summed E-state index contributed by atoms with van der Waals surface area (Å²) in [5, 5.41) is 12.5.